The minimum Gasteiger partial charge on any atom is -0.489 e. The molecule has 1 aliphatic rings. The number of benzene rings is 2. The maximum Gasteiger partial charge on any atom is 0.119 e. The molecule has 2 aromatic rings. The first-order valence-corrected chi connectivity index (χ1v) is 9.40. The summed E-state index contributed by atoms with van der Waals surface area (Å²) in [4.78, 5) is 2.58. The van der Waals surface area contributed by atoms with Gasteiger partial charge in [0.05, 0.1) is 0 Å². The Morgan fingerprint density at radius 3 is 2.44 bits per heavy atom. The summed E-state index contributed by atoms with van der Waals surface area (Å²) in [6, 6.07) is 19.6. The Hall–Kier alpha value is -1.84. The van der Waals surface area contributed by atoms with Crippen LogP contribution >= 0.6 is 0 Å². The Balaban J connectivity index is 1.65. The monoisotopic (exact) mass is 338 g/mol. The summed E-state index contributed by atoms with van der Waals surface area (Å²) >= 11 is 0. The van der Waals surface area contributed by atoms with Gasteiger partial charge in [0.1, 0.15) is 12.4 Å². The van der Waals surface area contributed by atoms with Crippen LogP contribution in [0.4, 0.5) is 0 Å². The highest BCUT2D eigenvalue weighted by Crippen LogP contribution is 2.31. The zero-order valence-corrected chi connectivity index (χ0v) is 15.4. The number of nitrogens with zero attached hydrogens (tertiary/aromatic N) is 1. The predicted octanol–water partition coefficient (Wildman–Crippen LogP) is 4.39. The lowest BCUT2D eigenvalue weighted by molar-refractivity contribution is 0.0798. The fourth-order valence-electron chi connectivity index (χ4n) is 3.75. The molecule has 3 unspecified atom stereocenters. The summed E-state index contributed by atoms with van der Waals surface area (Å²) in [5.41, 5.74) is 8.61. The second-order valence-electron chi connectivity index (χ2n) is 7.32. The third kappa shape index (κ3) is 4.62. The van der Waals surface area contributed by atoms with Gasteiger partial charge in [-0.3, -0.25) is 4.90 Å². The van der Waals surface area contributed by atoms with E-state index in [9.17, 15) is 0 Å². The first-order valence-electron chi connectivity index (χ1n) is 9.40. The van der Waals surface area contributed by atoms with Gasteiger partial charge in [-0.25, -0.2) is 0 Å². The van der Waals surface area contributed by atoms with E-state index in [1.54, 1.807) is 0 Å². The molecule has 0 radical (unpaired) electrons. The largest absolute Gasteiger partial charge is 0.489 e. The van der Waals surface area contributed by atoms with Gasteiger partial charge in [-0.05, 0) is 48.9 Å². The first-order chi connectivity index (χ1) is 12.2. The van der Waals surface area contributed by atoms with E-state index in [-0.39, 0.29) is 0 Å². The van der Waals surface area contributed by atoms with Gasteiger partial charge in [-0.15, -0.1) is 0 Å². The number of likely N-dealkylation sites (tertiary alicyclic amines) is 1. The summed E-state index contributed by atoms with van der Waals surface area (Å²) in [5, 5.41) is 0. The SMILES string of the molecule is CC1CCC(C)N(C(CN)c2ccc(OCc3ccccc3)cc2)C1. The van der Waals surface area contributed by atoms with E-state index in [0.717, 1.165) is 18.2 Å². The van der Waals surface area contributed by atoms with Gasteiger partial charge < -0.3 is 10.5 Å². The van der Waals surface area contributed by atoms with Crippen LogP contribution in [-0.2, 0) is 6.61 Å². The van der Waals surface area contributed by atoms with E-state index in [0.29, 0.717) is 25.2 Å². The van der Waals surface area contributed by atoms with E-state index in [1.165, 1.54) is 24.0 Å². The lowest BCUT2D eigenvalue weighted by Gasteiger charge is -2.42. The van der Waals surface area contributed by atoms with Gasteiger partial charge in [0.2, 0.25) is 0 Å². The van der Waals surface area contributed by atoms with Crippen LogP contribution in [0, 0.1) is 5.92 Å². The second kappa shape index (κ2) is 8.50. The van der Waals surface area contributed by atoms with Crippen LogP contribution in [0.3, 0.4) is 0 Å². The fourth-order valence-corrected chi connectivity index (χ4v) is 3.75. The Morgan fingerprint density at radius 1 is 1.04 bits per heavy atom. The van der Waals surface area contributed by atoms with Crippen molar-refractivity contribution in [3.05, 3.63) is 65.7 Å². The van der Waals surface area contributed by atoms with Gasteiger partial charge in [0, 0.05) is 25.2 Å². The number of hydrogen-bond donors (Lipinski definition) is 1. The molecule has 0 aromatic heterocycles. The van der Waals surface area contributed by atoms with Crippen molar-refractivity contribution >= 4 is 0 Å². The second-order valence-corrected chi connectivity index (χ2v) is 7.32. The molecule has 0 saturated carbocycles. The average molecular weight is 338 g/mol. The molecule has 1 fully saturated rings. The Morgan fingerprint density at radius 2 is 1.76 bits per heavy atom. The highest BCUT2D eigenvalue weighted by molar-refractivity contribution is 5.30. The van der Waals surface area contributed by atoms with Gasteiger partial charge in [0.25, 0.3) is 0 Å². The summed E-state index contributed by atoms with van der Waals surface area (Å²) in [7, 11) is 0. The minimum absolute atomic E-state index is 0.293. The van der Waals surface area contributed by atoms with Crippen molar-refractivity contribution in [2.75, 3.05) is 13.1 Å². The molecule has 3 nitrogen and oxygen atoms in total. The molecule has 3 rings (SSSR count). The third-order valence-electron chi connectivity index (χ3n) is 5.30. The standard InChI is InChI=1S/C22H30N2O/c1-17-8-9-18(2)24(15-17)22(14-23)20-10-12-21(13-11-20)25-16-19-6-4-3-5-7-19/h3-7,10-13,17-18,22H,8-9,14-16,23H2,1-2H3. The highest BCUT2D eigenvalue weighted by Gasteiger charge is 2.29. The minimum atomic E-state index is 0.293. The quantitative estimate of drug-likeness (QED) is 0.849. The van der Waals surface area contributed by atoms with Crippen LogP contribution in [0.15, 0.2) is 54.6 Å². The molecule has 134 valence electrons. The Labute approximate surface area is 151 Å². The fraction of sp³-hybridized carbons (Fsp3) is 0.455. The number of rotatable bonds is 6. The molecule has 2 N–H and O–H groups in total. The molecule has 0 spiro atoms. The van der Waals surface area contributed by atoms with Crippen molar-refractivity contribution in [3.63, 3.8) is 0 Å². The lowest BCUT2D eigenvalue weighted by atomic mass is 9.91. The molecule has 0 aliphatic carbocycles. The first kappa shape index (κ1) is 18.0. The summed E-state index contributed by atoms with van der Waals surface area (Å²) in [5.74, 6) is 1.65. The van der Waals surface area contributed by atoms with E-state index >= 15 is 0 Å². The van der Waals surface area contributed by atoms with Gasteiger partial charge in [-0.1, -0.05) is 49.4 Å². The molecule has 0 bridgehead atoms. The van der Waals surface area contributed by atoms with E-state index in [1.807, 2.05) is 18.2 Å². The number of hydrogen-bond acceptors (Lipinski definition) is 3. The van der Waals surface area contributed by atoms with Gasteiger partial charge >= 0.3 is 0 Å². The van der Waals surface area contributed by atoms with Crippen molar-refractivity contribution < 1.29 is 4.74 Å². The van der Waals surface area contributed by atoms with Crippen molar-refractivity contribution in [2.45, 2.75) is 45.4 Å². The van der Waals surface area contributed by atoms with Crippen LogP contribution in [0.1, 0.15) is 43.9 Å². The Bertz CT molecular complexity index is 641. The average Bonchev–Trinajstić information content (AvgIpc) is 2.65. The van der Waals surface area contributed by atoms with Crippen molar-refractivity contribution in [3.8, 4) is 5.75 Å². The highest BCUT2D eigenvalue weighted by atomic mass is 16.5. The zero-order valence-electron chi connectivity index (χ0n) is 15.4. The van der Waals surface area contributed by atoms with Crippen LogP contribution in [0.25, 0.3) is 0 Å². The summed E-state index contributed by atoms with van der Waals surface area (Å²) < 4.78 is 5.90. The maximum atomic E-state index is 6.14. The summed E-state index contributed by atoms with van der Waals surface area (Å²) in [6.07, 6.45) is 2.58. The van der Waals surface area contributed by atoms with Crippen LogP contribution in [0.2, 0.25) is 0 Å². The molecular formula is C22H30N2O. The maximum absolute atomic E-state index is 6.14. The zero-order chi connectivity index (χ0) is 17.6. The van der Waals surface area contributed by atoms with Gasteiger partial charge in [-0.2, -0.15) is 0 Å². The molecule has 0 amide bonds. The molecule has 1 heterocycles. The smallest absolute Gasteiger partial charge is 0.119 e. The predicted molar refractivity (Wildman–Crippen MR) is 104 cm³/mol. The molecule has 2 aromatic carbocycles. The summed E-state index contributed by atoms with van der Waals surface area (Å²) in [6.45, 7) is 7.05. The van der Waals surface area contributed by atoms with Crippen molar-refractivity contribution in [2.24, 2.45) is 11.7 Å². The van der Waals surface area contributed by atoms with Gasteiger partial charge in [0.15, 0.2) is 0 Å². The van der Waals surface area contributed by atoms with Crippen molar-refractivity contribution in [1.29, 1.82) is 0 Å². The molecule has 25 heavy (non-hydrogen) atoms. The third-order valence-corrected chi connectivity index (χ3v) is 5.30. The molecular weight excluding hydrogens is 308 g/mol. The molecule has 1 saturated heterocycles. The van der Waals surface area contributed by atoms with Crippen LogP contribution in [0.5, 0.6) is 5.75 Å². The van der Waals surface area contributed by atoms with E-state index in [2.05, 4.69) is 55.1 Å². The normalized spacial score (nSPS) is 22.5. The topological polar surface area (TPSA) is 38.5 Å². The van der Waals surface area contributed by atoms with Crippen LogP contribution < -0.4 is 10.5 Å². The van der Waals surface area contributed by atoms with Crippen LogP contribution in [-0.4, -0.2) is 24.0 Å². The van der Waals surface area contributed by atoms with E-state index < -0.39 is 0 Å². The number of nitrogens with two attached hydrogens (primary N) is 1. The van der Waals surface area contributed by atoms with Crippen molar-refractivity contribution in [1.82, 2.24) is 4.90 Å². The molecule has 1 aliphatic heterocycles. The van der Waals surface area contributed by atoms with E-state index in [4.69, 9.17) is 10.5 Å². The molecule has 3 atom stereocenters. The number of ether oxygens (including phenoxy) is 1. The lowest BCUT2D eigenvalue weighted by Crippen LogP contribution is -2.45. The Kier molecular flexibility index (Phi) is 6.11. The number of piperidine rings is 1. The molecule has 3 heteroatoms.